The number of non-ortho nitro benzene ring substituents is 1. The van der Waals surface area contributed by atoms with Gasteiger partial charge < -0.3 is 4.57 Å². The highest BCUT2D eigenvalue weighted by Crippen LogP contribution is 2.17. The molecule has 0 radical (unpaired) electrons. The molecule has 2 heterocycles. The SMILES string of the molecule is Cn1c(=O)c2c(nc(/N=C/c3cccc([N+](=O)[O-])c3)n2C)n(C)c1=O. The summed E-state index contributed by atoms with van der Waals surface area (Å²) in [6.45, 7) is 0. The number of aryl methyl sites for hydroxylation is 2. The summed E-state index contributed by atoms with van der Waals surface area (Å²) in [6.07, 6.45) is 1.41. The van der Waals surface area contributed by atoms with Crippen LogP contribution >= 0.6 is 0 Å². The highest BCUT2D eigenvalue weighted by molar-refractivity contribution is 5.83. The first-order valence-electron chi connectivity index (χ1n) is 7.22. The molecule has 0 atom stereocenters. The van der Waals surface area contributed by atoms with Gasteiger partial charge in [-0.25, -0.2) is 9.79 Å². The number of aromatic nitrogens is 4. The minimum Gasteiger partial charge on any atom is -0.306 e. The van der Waals surface area contributed by atoms with Gasteiger partial charge in [0.1, 0.15) is 0 Å². The van der Waals surface area contributed by atoms with Gasteiger partial charge in [0.15, 0.2) is 11.2 Å². The van der Waals surface area contributed by atoms with Crippen LogP contribution in [0.15, 0.2) is 38.8 Å². The van der Waals surface area contributed by atoms with Crippen LogP contribution in [0, 0.1) is 10.1 Å². The summed E-state index contributed by atoms with van der Waals surface area (Å²) < 4.78 is 3.74. The number of hydrogen-bond donors (Lipinski definition) is 0. The zero-order valence-electron chi connectivity index (χ0n) is 13.7. The predicted octanol–water partition coefficient (Wildman–Crippen LogP) is 0.629. The Labute approximate surface area is 140 Å². The van der Waals surface area contributed by atoms with Crippen molar-refractivity contribution in [2.75, 3.05) is 0 Å². The Morgan fingerprint density at radius 3 is 2.56 bits per heavy atom. The molecule has 1 aromatic carbocycles. The van der Waals surface area contributed by atoms with Gasteiger partial charge in [-0.2, -0.15) is 4.98 Å². The summed E-state index contributed by atoms with van der Waals surface area (Å²) in [4.78, 5) is 43.0. The molecule has 10 heteroatoms. The van der Waals surface area contributed by atoms with Crippen LogP contribution in [0.5, 0.6) is 0 Å². The van der Waals surface area contributed by atoms with Crippen molar-refractivity contribution in [1.82, 2.24) is 18.7 Å². The average Bonchev–Trinajstić information content (AvgIpc) is 2.93. The van der Waals surface area contributed by atoms with Crippen molar-refractivity contribution in [3.63, 3.8) is 0 Å². The smallest absolute Gasteiger partial charge is 0.306 e. The molecule has 0 bridgehead atoms. The minimum absolute atomic E-state index is 0.0507. The second-order valence-electron chi connectivity index (χ2n) is 5.46. The third-order valence-corrected chi connectivity index (χ3v) is 3.86. The first-order valence-corrected chi connectivity index (χ1v) is 7.22. The Kier molecular flexibility index (Phi) is 3.79. The lowest BCUT2D eigenvalue weighted by Gasteiger charge is -2.02. The van der Waals surface area contributed by atoms with Gasteiger partial charge in [-0.1, -0.05) is 12.1 Å². The van der Waals surface area contributed by atoms with Gasteiger partial charge >= 0.3 is 5.69 Å². The molecule has 0 amide bonds. The first kappa shape index (κ1) is 16.3. The lowest BCUT2D eigenvalue weighted by atomic mass is 10.2. The molecule has 0 aliphatic carbocycles. The Morgan fingerprint density at radius 1 is 1.16 bits per heavy atom. The third kappa shape index (κ3) is 2.63. The molecule has 0 N–H and O–H groups in total. The van der Waals surface area contributed by atoms with E-state index in [0.717, 1.165) is 4.57 Å². The number of fused-ring (bicyclic) bond motifs is 1. The molecule has 10 nitrogen and oxygen atoms in total. The Bertz CT molecular complexity index is 1150. The van der Waals surface area contributed by atoms with Crippen LogP contribution in [0.1, 0.15) is 5.56 Å². The molecule has 128 valence electrons. The molecule has 0 spiro atoms. The number of nitro groups is 1. The van der Waals surface area contributed by atoms with Crippen molar-refractivity contribution in [3.8, 4) is 0 Å². The summed E-state index contributed by atoms with van der Waals surface area (Å²) in [5.74, 6) is 0.208. The summed E-state index contributed by atoms with van der Waals surface area (Å²) in [5.41, 5.74) is -0.0134. The predicted molar refractivity (Wildman–Crippen MR) is 91.5 cm³/mol. The van der Waals surface area contributed by atoms with Crippen LogP contribution < -0.4 is 11.2 Å². The van der Waals surface area contributed by atoms with Crippen LogP contribution in [0.3, 0.4) is 0 Å². The van der Waals surface area contributed by atoms with Crippen LogP contribution in [0.2, 0.25) is 0 Å². The molecule has 0 saturated heterocycles. The van der Waals surface area contributed by atoms with E-state index in [0.29, 0.717) is 5.56 Å². The molecule has 25 heavy (non-hydrogen) atoms. The largest absolute Gasteiger partial charge is 0.332 e. The first-order chi connectivity index (χ1) is 11.8. The summed E-state index contributed by atoms with van der Waals surface area (Å²) in [7, 11) is 4.52. The number of nitro benzene ring substituents is 1. The van der Waals surface area contributed by atoms with Gasteiger partial charge in [0.2, 0.25) is 5.95 Å². The van der Waals surface area contributed by atoms with E-state index < -0.39 is 16.2 Å². The van der Waals surface area contributed by atoms with Crippen LogP contribution in [0.4, 0.5) is 11.6 Å². The number of rotatable bonds is 3. The Hall–Kier alpha value is -3.56. The number of aliphatic imine (C=N–C) groups is 1. The van der Waals surface area contributed by atoms with Crippen LogP contribution in [0.25, 0.3) is 11.2 Å². The standard InChI is InChI=1S/C15H14N6O4/c1-18-11-12(19(2)15(23)20(3)13(11)22)17-14(18)16-8-9-5-4-6-10(7-9)21(24)25/h4-8H,1-3H3/b16-8+. The molecule has 3 aromatic rings. The fourth-order valence-electron chi connectivity index (χ4n) is 2.47. The average molecular weight is 342 g/mol. The van der Waals surface area contributed by atoms with E-state index in [1.165, 1.54) is 41.6 Å². The van der Waals surface area contributed by atoms with Gasteiger partial charge in [-0.15, -0.1) is 0 Å². The van der Waals surface area contributed by atoms with E-state index in [9.17, 15) is 19.7 Å². The molecule has 0 fully saturated rings. The summed E-state index contributed by atoms with van der Waals surface area (Å²) in [6, 6.07) is 5.97. The number of nitrogens with zero attached hydrogens (tertiary/aromatic N) is 6. The van der Waals surface area contributed by atoms with Gasteiger partial charge in [0.05, 0.1) is 4.92 Å². The molecule has 0 aliphatic rings. The Morgan fingerprint density at radius 2 is 1.88 bits per heavy atom. The normalized spacial score (nSPS) is 11.5. The highest BCUT2D eigenvalue weighted by Gasteiger charge is 2.16. The third-order valence-electron chi connectivity index (χ3n) is 3.86. The van der Waals surface area contributed by atoms with Crippen LogP contribution in [-0.4, -0.2) is 29.8 Å². The lowest BCUT2D eigenvalue weighted by molar-refractivity contribution is -0.384. The van der Waals surface area contributed by atoms with Crippen molar-refractivity contribution in [2.24, 2.45) is 26.1 Å². The molecule has 0 unspecified atom stereocenters. The maximum atomic E-state index is 12.3. The second-order valence-corrected chi connectivity index (χ2v) is 5.46. The lowest BCUT2D eigenvalue weighted by Crippen LogP contribution is -2.37. The van der Waals surface area contributed by atoms with Gasteiger partial charge in [0.25, 0.3) is 11.2 Å². The van der Waals surface area contributed by atoms with Gasteiger partial charge in [-0.05, 0) is 5.56 Å². The second kappa shape index (κ2) is 5.82. The summed E-state index contributed by atoms with van der Waals surface area (Å²) in [5, 5.41) is 10.8. The molecular formula is C15H14N6O4. The maximum absolute atomic E-state index is 12.3. The van der Waals surface area contributed by atoms with Gasteiger partial charge in [-0.3, -0.25) is 24.0 Å². The molecule has 3 rings (SSSR count). The molecule has 0 saturated carbocycles. The van der Waals surface area contributed by atoms with Gasteiger partial charge in [0, 0.05) is 39.5 Å². The van der Waals surface area contributed by atoms with E-state index in [2.05, 4.69) is 9.98 Å². The monoisotopic (exact) mass is 342 g/mol. The van der Waals surface area contributed by atoms with Crippen LogP contribution in [-0.2, 0) is 21.1 Å². The number of benzene rings is 1. The Balaban J connectivity index is 2.13. The fraction of sp³-hybridized carbons (Fsp3) is 0.200. The quantitative estimate of drug-likeness (QED) is 0.393. The fourth-order valence-corrected chi connectivity index (χ4v) is 2.47. The maximum Gasteiger partial charge on any atom is 0.332 e. The minimum atomic E-state index is -0.494. The van der Waals surface area contributed by atoms with E-state index >= 15 is 0 Å². The van der Waals surface area contributed by atoms with Crippen molar-refractivity contribution in [3.05, 3.63) is 60.8 Å². The molecule has 2 aromatic heterocycles. The zero-order chi connectivity index (χ0) is 18.3. The van der Waals surface area contributed by atoms with E-state index in [1.807, 2.05) is 0 Å². The van der Waals surface area contributed by atoms with Crippen molar-refractivity contribution in [1.29, 1.82) is 0 Å². The number of hydrogen-bond acceptors (Lipinski definition) is 6. The van der Waals surface area contributed by atoms with Crippen molar-refractivity contribution in [2.45, 2.75) is 0 Å². The summed E-state index contributed by atoms with van der Waals surface area (Å²) >= 11 is 0. The van der Waals surface area contributed by atoms with E-state index in [1.54, 1.807) is 19.2 Å². The zero-order valence-corrected chi connectivity index (χ0v) is 13.7. The molecular weight excluding hydrogens is 328 g/mol. The highest BCUT2D eigenvalue weighted by atomic mass is 16.6. The van der Waals surface area contributed by atoms with Crippen molar-refractivity contribution < 1.29 is 4.92 Å². The van der Waals surface area contributed by atoms with Crippen molar-refractivity contribution >= 4 is 29.0 Å². The molecule has 0 aliphatic heterocycles. The topological polar surface area (TPSA) is 117 Å². The number of imidazole rings is 1. The van der Waals surface area contributed by atoms with E-state index in [-0.39, 0.29) is 22.8 Å². The van der Waals surface area contributed by atoms with E-state index in [4.69, 9.17) is 0 Å².